The highest BCUT2D eigenvalue weighted by atomic mass is 16.4. The highest BCUT2D eigenvalue weighted by molar-refractivity contribution is 5.96. The van der Waals surface area contributed by atoms with E-state index in [1.165, 1.54) is 23.4 Å². The van der Waals surface area contributed by atoms with Crippen molar-refractivity contribution < 1.29 is 14.7 Å². The minimum atomic E-state index is -1.13. The van der Waals surface area contributed by atoms with Gasteiger partial charge in [-0.3, -0.25) is 4.79 Å². The van der Waals surface area contributed by atoms with Crippen molar-refractivity contribution in [3.63, 3.8) is 0 Å². The van der Waals surface area contributed by atoms with Crippen LogP contribution in [0.15, 0.2) is 42.6 Å². The minimum absolute atomic E-state index is 0.113. The zero-order chi connectivity index (χ0) is 16.4. The molecule has 5 heteroatoms. The Morgan fingerprint density at radius 3 is 2.70 bits per heavy atom. The van der Waals surface area contributed by atoms with Crippen LogP contribution in [0.25, 0.3) is 0 Å². The van der Waals surface area contributed by atoms with Gasteiger partial charge in [-0.25, -0.2) is 9.78 Å². The van der Waals surface area contributed by atoms with Crippen molar-refractivity contribution >= 4 is 11.9 Å². The van der Waals surface area contributed by atoms with Crippen LogP contribution in [0.4, 0.5) is 0 Å². The number of aryl methyl sites for hydroxylation is 1. The van der Waals surface area contributed by atoms with Gasteiger partial charge in [-0.15, -0.1) is 0 Å². The van der Waals surface area contributed by atoms with E-state index >= 15 is 0 Å². The molecule has 1 N–H and O–H groups in total. The molecule has 1 heterocycles. The number of rotatable bonds is 3. The van der Waals surface area contributed by atoms with Crippen molar-refractivity contribution in [2.75, 3.05) is 7.05 Å². The van der Waals surface area contributed by atoms with Crippen LogP contribution in [0.1, 0.15) is 38.4 Å². The lowest BCUT2D eigenvalue weighted by atomic mass is 9.87. The molecule has 0 saturated heterocycles. The number of hydrogen-bond acceptors (Lipinski definition) is 3. The Morgan fingerprint density at radius 1 is 1.22 bits per heavy atom. The van der Waals surface area contributed by atoms with Gasteiger partial charge >= 0.3 is 5.97 Å². The lowest BCUT2D eigenvalue weighted by molar-refractivity contribution is 0.0690. The molecule has 0 unspecified atom stereocenters. The van der Waals surface area contributed by atoms with Gasteiger partial charge in [0.2, 0.25) is 0 Å². The SMILES string of the molecule is CN(C(=O)c1ccnc(C(=O)O)c1)[C@H]1CCc2ccccc2C1. The second-order valence-electron chi connectivity index (χ2n) is 5.82. The van der Waals surface area contributed by atoms with Crippen LogP contribution in [0.5, 0.6) is 0 Å². The Balaban J connectivity index is 1.78. The fraction of sp³-hybridized carbons (Fsp3) is 0.278. The number of amides is 1. The number of carbonyl (C=O) groups excluding carboxylic acids is 1. The average Bonchev–Trinajstić information content (AvgIpc) is 2.60. The molecular weight excluding hydrogens is 292 g/mol. The molecule has 1 aromatic heterocycles. The van der Waals surface area contributed by atoms with Gasteiger partial charge in [0.05, 0.1) is 0 Å². The zero-order valence-electron chi connectivity index (χ0n) is 12.9. The first-order valence-corrected chi connectivity index (χ1v) is 7.59. The summed E-state index contributed by atoms with van der Waals surface area (Å²) in [7, 11) is 1.78. The van der Waals surface area contributed by atoms with Gasteiger partial charge in [-0.2, -0.15) is 0 Å². The second kappa shape index (κ2) is 6.20. The molecule has 118 valence electrons. The molecule has 0 saturated carbocycles. The second-order valence-corrected chi connectivity index (χ2v) is 5.82. The van der Waals surface area contributed by atoms with E-state index in [4.69, 9.17) is 5.11 Å². The third-order valence-corrected chi connectivity index (χ3v) is 4.41. The Labute approximate surface area is 134 Å². The topological polar surface area (TPSA) is 70.5 Å². The molecule has 3 rings (SSSR count). The summed E-state index contributed by atoms with van der Waals surface area (Å²) in [4.78, 5) is 29.1. The van der Waals surface area contributed by atoms with Crippen LogP contribution in [0, 0.1) is 0 Å². The summed E-state index contributed by atoms with van der Waals surface area (Å²) >= 11 is 0. The summed E-state index contributed by atoms with van der Waals surface area (Å²) in [5, 5.41) is 9.00. The number of aromatic nitrogens is 1. The summed E-state index contributed by atoms with van der Waals surface area (Å²) in [5.41, 5.74) is 2.88. The van der Waals surface area contributed by atoms with Crippen LogP contribution in [-0.2, 0) is 12.8 Å². The Hall–Kier alpha value is -2.69. The maximum atomic E-state index is 12.6. The van der Waals surface area contributed by atoms with Gasteiger partial charge in [-0.1, -0.05) is 24.3 Å². The third-order valence-electron chi connectivity index (χ3n) is 4.41. The van der Waals surface area contributed by atoms with E-state index in [1.807, 2.05) is 12.1 Å². The molecule has 0 fully saturated rings. The number of carbonyl (C=O) groups is 2. The summed E-state index contributed by atoms with van der Waals surface area (Å²) in [5.74, 6) is -1.30. The number of likely N-dealkylation sites (N-methyl/N-ethyl adjacent to an activating group) is 1. The first-order chi connectivity index (χ1) is 11.1. The summed E-state index contributed by atoms with van der Waals surface area (Å²) in [6.07, 6.45) is 4.06. The minimum Gasteiger partial charge on any atom is -0.477 e. The molecular formula is C18H18N2O3. The van der Waals surface area contributed by atoms with Crippen molar-refractivity contribution in [1.29, 1.82) is 0 Å². The monoisotopic (exact) mass is 310 g/mol. The number of aromatic carboxylic acids is 1. The Morgan fingerprint density at radius 2 is 1.96 bits per heavy atom. The molecule has 23 heavy (non-hydrogen) atoms. The number of fused-ring (bicyclic) bond motifs is 1. The van der Waals surface area contributed by atoms with Crippen LogP contribution in [0.3, 0.4) is 0 Å². The van der Waals surface area contributed by atoms with Crippen molar-refractivity contribution in [1.82, 2.24) is 9.88 Å². The van der Waals surface area contributed by atoms with Gasteiger partial charge in [0, 0.05) is 24.8 Å². The lowest BCUT2D eigenvalue weighted by Crippen LogP contribution is -2.40. The Kier molecular flexibility index (Phi) is 4.10. The zero-order valence-corrected chi connectivity index (χ0v) is 12.9. The fourth-order valence-electron chi connectivity index (χ4n) is 3.06. The number of carboxylic acid groups (broad SMARTS) is 1. The van der Waals surface area contributed by atoms with Crippen LogP contribution < -0.4 is 0 Å². The van der Waals surface area contributed by atoms with Crippen LogP contribution >= 0.6 is 0 Å². The smallest absolute Gasteiger partial charge is 0.354 e. The number of carboxylic acids is 1. The average molecular weight is 310 g/mol. The van der Waals surface area contributed by atoms with E-state index in [-0.39, 0.29) is 17.6 Å². The normalized spacial score (nSPS) is 16.5. The molecule has 1 aliphatic rings. The van der Waals surface area contributed by atoms with Gasteiger partial charge in [-0.05, 0) is 42.5 Å². The highest BCUT2D eigenvalue weighted by Gasteiger charge is 2.26. The largest absolute Gasteiger partial charge is 0.477 e. The Bertz CT molecular complexity index is 757. The molecule has 5 nitrogen and oxygen atoms in total. The predicted octanol–water partition coefficient (Wildman–Crippen LogP) is 2.41. The number of benzene rings is 1. The molecule has 1 atom stereocenters. The standard InChI is InChI=1S/C18H18N2O3/c1-20(15-7-6-12-4-2-3-5-13(12)10-15)17(21)14-8-9-19-16(11-14)18(22)23/h2-5,8-9,11,15H,6-7,10H2,1H3,(H,22,23)/t15-/m0/s1. The first kappa shape index (κ1) is 15.2. The van der Waals surface area contributed by atoms with E-state index in [1.54, 1.807) is 18.0 Å². The first-order valence-electron chi connectivity index (χ1n) is 7.59. The molecule has 1 aliphatic carbocycles. The molecule has 2 aromatic rings. The van der Waals surface area contributed by atoms with Crippen LogP contribution in [0.2, 0.25) is 0 Å². The highest BCUT2D eigenvalue weighted by Crippen LogP contribution is 2.24. The van der Waals surface area contributed by atoms with Gasteiger partial charge in [0.15, 0.2) is 0 Å². The lowest BCUT2D eigenvalue weighted by Gasteiger charge is -2.32. The maximum absolute atomic E-state index is 12.6. The van der Waals surface area contributed by atoms with Crippen molar-refractivity contribution in [3.8, 4) is 0 Å². The van der Waals surface area contributed by atoms with E-state index in [2.05, 4.69) is 17.1 Å². The number of hydrogen-bond donors (Lipinski definition) is 1. The van der Waals surface area contributed by atoms with Crippen molar-refractivity contribution in [2.24, 2.45) is 0 Å². The van der Waals surface area contributed by atoms with Crippen molar-refractivity contribution in [3.05, 3.63) is 65.0 Å². The van der Waals surface area contributed by atoms with Gasteiger partial charge in [0.25, 0.3) is 5.91 Å². The van der Waals surface area contributed by atoms with Gasteiger partial charge in [0.1, 0.15) is 5.69 Å². The number of pyridine rings is 1. The molecule has 1 amide bonds. The third kappa shape index (κ3) is 3.08. The summed E-state index contributed by atoms with van der Waals surface area (Å²) in [6, 6.07) is 11.3. The quantitative estimate of drug-likeness (QED) is 0.945. The predicted molar refractivity (Wildman–Crippen MR) is 85.5 cm³/mol. The maximum Gasteiger partial charge on any atom is 0.354 e. The van der Waals surface area contributed by atoms with E-state index in [0.717, 1.165) is 19.3 Å². The van der Waals surface area contributed by atoms with Crippen molar-refractivity contribution in [2.45, 2.75) is 25.3 Å². The molecule has 0 aliphatic heterocycles. The summed E-state index contributed by atoms with van der Waals surface area (Å²) in [6.45, 7) is 0. The molecule has 0 spiro atoms. The molecule has 0 bridgehead atoms. The van der Waals surface area contributed by atoms with E-state index in [0.29, 0.717) is 5.56 Å². The van der Waals surface area contributed by atoms with Gasteiger partial charge < -0.3 is 10.0 Å². The fourth-order valence-corrected chi connectivity index (χ4v) is 3.06. The molecule has 0 radical (unpaired) electrons. The van der Waals surface area contributed by atoms with E-state index < -0.39 is 5.97 Å². The van der Waals surface area contributed by atoms with E-state index in [9.17, 15) is 9.59 Å². The molecule has 1 aromatic carbocycles. The van der Waals surface area contributed by atoms with Crippen LogP contribution in [-0.4, -0.2) is 40.0 Å². The summed E-state index contributed by atoms with van der Waals surface area (Å²) < 4.78 is 0. The number of nitrogens with zero attached hydrogens (tertiary/aromatic N) is 2.